The maximum absolute atomic E-state index is 12.8. The Morgan fingerprint density at radius 1 is 1.30 bits per heavy atom. The average molecular weight is 434 g/mol. The molecule has 1 amide bonds. The molecule has 1 aliphatic carbocycles. The van der Waals surface area contributed by atoms with Crippen molar-refractivity contribution in [3.8, 4) is 5.88 Å². The maximum atomic E-state index is 12.8. The van der Waals surface area contributed by atoms with Gasteiger partial charge in [-0.2, -0.15) is 0 Å². The molecule has 0 atom stereocenters. The molecule has 0 aliphatic heterocycles. The summed E-state index contributed by atoms with van der Waals surface area (Å²) in [5.74, 6) is -0.939. The number of aromatic nitrogens is 4. The summed E-state index contributed by atoms with van der Waals surface area (Å²) < 4.78 is 20.5. The van der Waals surface area contributed by atoms with E-state index in [1.807, 2.05) is 0 Å². The fraction of sp³-hybridized carbons (Fsp3) is 0.235. The van der Waals surface area contributed by atoms with Gasteiger partial charge in [0, 0.05) is 4.47 Å². The van der Waals surface area contributed by atoms with Gasteiger partial charge in [-0.25, -0.2) is 19.0 Å². The Hall–Kier alpha value is -2.88. The quantitative estimate of drug-likeness (QED) is 0.662. The highest BCUT2D eigenvalue weighted by Crippen LogP contribution is 2.30. The number of ether oxygens (including phenoxy) is 1. The summed E-state index contributed by atoms with van der Waals surface area (Å²) in [5, 5.41) is 7.60. The number of hydrogen-bond donors (Lipinski definition) is 1. The van der Waals surface area contributed by atoms with Gasteiger partial charge in [0.15, 0.2) is 5.82 Å². The smallest absolute Gasteiger partial charge is 0.275 e. The Kier molecular flexibility index (Phi) is 4.56. The topological polar surface area (TPSA) is 99.0 Å². The number of carbonyl (C=O) groups is 1. The predicted molar refractivity (Wildman–Crippen MR) is 98.0 cm³/mol. The predicted octanol–water partition coefficient (Wildman–Crippen LogP) is 2.27. The Bertz CT molecular complexity index is 1080. The fourth-order valence-electron chi connectivity index (χ4n) is 2.44. The van der Waals surface area contributed by atoms with E-state index in [0.717, 1.165) is 34.4 Å². The van der Waals surface area contributed by atoms with Crippen molar-refractivity contribution in [2.45, 2.75) is 25.5 Å². The normalized spacial score (nSPS) is 13.6. The monoisotopic (exact) mass is 433 g/mol. The molecule has 2 aromatic heterocycles. The minimum atomic E-state index is -0.617. The van der Waals surface area contributed by atoms with E-state index >= 15 is 0 Å². The van der Waals surface area contributed by atoms with E-state index in [1.54, 1.807) is 18.2 Å². The lowest BCUT2D eigenvalue weighted by molar-refractivity contribution is -0.117. The molecule has 0 bridgehead atoms. The van der Waals surface area contributed by atoms with Crippen LogP contribution in [0.4, 0.5) is 10.3 Å². The summed E-state index contributed by atoms with van der Waals surface area (Å²) in [6.07, 6.45) is 3.80. The summed E-state index contributed by atoms with van der Waals surface area (Å²) in [5.41, 5.74) is -0.421. The van der Waals surface area contributed by atoms with E-state index in [4.69, 9.17) is 4.74 Å². The lowest BCUT2D eigenvalue weighted by Gasteiger charge is -2.11. The molecule has 1 saturated carbocycles. The molecule has 1 N–H and O–H groups in total. The number of nitrogens with zero attached hydrogens (tertiary/aromatic N) is 4. The van der Waals surface area contributed by atoms with Crippen molar-refractivity contribution in [2.75, 3.05) is 5.32 Å². The minimum absolute atomic E-state index is 0.0615. The van der Waals surface area contributed by atoms with Gasteiger partial charge in [-0.1, -0.05) is 15.9 Å². The zero-order chi connectivity index (χ0) is 19.0. The van der Waals surface area contributed by atoms with Crippen molar-refractivity contribution < 1.29 is 13.9 Å². The first-order valence-corrected chi connectivity index (χ1v) is 8.93. The molecule has 0 saturated heterocycles. The molecule has 8 nitrogen and oxygen atoms in total. The molecule has 4 rings (SSSR count). The number of halogens is 2. The summed E-state index contributed by atoms with van der Waals surface area (Å²) in [6.45, 7) is -0.355. The van der Waals surface area contributed by atoms with Crippen molar-refractivity contribution >= 4 is 38.6 Å². The molecule has 27 heavy (non-hydrogen) atoms. The van der Waals surface area contributed by atoms with E-state index in [9.17, 15) is 14.0 Å². The van der Waals surface area contributed by atoms with Gasteiger partial charge in [-0.05, 0) is 31.0 Å². The highest BCUT2D eigenvalue weighted by atomic mass is 79.9. The first kappa shape index (κ1) is 17.5. The van der Waals surface area contributed by atoms with Crippen LogP contribution in [0.5, 0.6) is 5.88 Å². The minimum Gasteiger partial charge on any atom is -0.473 e. The largest absolute Gasteiger partial charge is 0.473 e. The molecule has 0 spiro atoms. The molecule has 2 heterocycles. The second-order valence-corrected chi connectivity index (χ2v) is 6.96. The number of amides is 1. The lowest BCUT2D eigenvalue weighted by atomic mass is 10.2. The van der Waals surface area contributed by atoms with Crippen molar-refractivity contribution in [1.29, 1.82) is 0 Å². The Morgan fingerprint density at radius 2 is 2.04 bits per heavy atom. The van der Waals surface area contributed by atoms with Crippen molar-refractivity contribution in [3.05, 3.63) is 51.2 Å². The van der Waals surface area contributed by atoms with Crippen LogP contribution in [0.1, 0.15) is 12.8 Å². The number of hydrogen-bond acceptors (Lipinski definition) is 6. The molecule has 0 radical (unpaired) electrons. The van der Waals surface area contributed by atoms with Crippen molar-refractivity contribution in [2.24, 2.45) is 0 Å². The summed E-state index contributed by atoms with van der Waals surface area (Å²) in [6, 6.07) is 5.15. The number of anilines is 1. The van der Waals surface area contributed by atoms with Crippen LogP contribution in [-0.2, 0) is 11.3 Å². The second-order valence-electron chi connectivity index (χ2n) is 6.05. The highest BCUT2D eigenvalue weighted by Gasteiger charge is 2.26. The fourth-order valence-corrected chi connectivity index (χ4v) is 2.80. The Balaban J connectivity index is 1.65. The van der Waals surface area contributed by atoms with Gasteiger partial charge in [0.05, 0.1) is 23.2 Å². The van der Waals surface area contributed by atoms with Gasteiger partial charge in [0.1, 0.15) is 12.6 Å². The van der Waals surface area contributed by atoms with Crippen molar-refractivity contribution in [3.63, 3.8) is 0 Å². The molecular weight excluding hydrogens is 421 g/mol. The highest BCUT2D eigenvalue weighted by molar-refractivity contribution is 9.10. The van der Waals surface area contributed by atoms with Crippen LogP contribution in [0, 0.1) is 5.82 Å². The Labute approximate surface area is 160 Å². The number of benzene rings is 1. The van der Waals surface area contributed by atoms with E-state index in [1.165, 1.54) is 0 Å². The average Bonchev–Trinajstić information content (AvgIpc) is 3.45. The standard InChI is InChI=1S/C17H13BrFN5O3/c18-9-1-4-12-13(5-9)15(27-11-2-3-11)23-24(16(12)26)8-14(25)22-17-20-6-10(19)7-21-17/h1,4-7,11H,2-3,8H2,(H,20,21,22,25). The van der Waals surface area contributed by atoms with Crippen LogP contribution in [0.25, 0.3) is 10.8 Å². The van der Waals surface area contributed by atoms with Gasteiger partial charge in [-0.15, -0.1) is 5.10 Å². The summed E-state index contributed by atoms with van der Waals surface area (Å²) in [4.78, 5) is 32.2. The van der Waals surface area contributed by atoms with Crippen LogP contribution < -0.4 is 15.6 Å². The van der Waals surface area contributed by atoms with Crippen molar-refractivity contribution in [1.82, 2.24) is 19.7 Å². The zero-order valence-electron chi connectivity index (χ0n) is 13.9. The number of rotatable bonds is 5. The SMILES string of the molecule is O=C(Cn1nc(OC2CC2)c2cc(Br)ccc2c1=O)Nc1ncc(F)cn1. The first-order chi connectivity index (χ1) is 13.0. The maximum Gasteiger partial charge on any atom is 0.275 e. The third-order valence-electron chi connectivity index (χ3n) is 3.86. The number of nitrogens with one attached hydrogen (secondary N) is 1. The van der Waals surface area contributed by atoms with Gasteiger partial charge in [0.2, 0.25) is 17.7 Å². The molecule has 3 aromatic rings. The number of carbonyl (C=O) groups excluding carboxylic acids is 1. The first-order valence-electron chi connectivity index (χ1n) is 8.14. The van der Waals surface area contributed by atoms with Crippen LogP contribution >= 0.6 is 15.9 Å². The zero-order valence-corrected chi connectivity index (χ0v) is 15.4. The molecule has 1 aliphatic rings. The van der Waals surface area contributed by atoms with Gasteiger partial charge in [-0.3, -0.25) is 14.9 Å². The van der Waals surface area contributed by atoms with Gasteiger partial charge >= 0.3 is 0 Å². The summed E-state index contributed by atoms with van der Waals surface area (Å²) in [7, 11) is 0. The molecule has 1 aromatic carbocycles. The Morgan fingerprint density at radius 3 is 2.74 bits per heavy atom. The van der Waals surface area contributed by atoms with Crippen LogP contribution in [0.15, 0.2) is 39.9 Å². The lowest BCUT2D eigenvalue weighted by Crippen LogP contribution is -2.30. The summed E-state index contributed by atoms with van der Waals surface area (Å²) >= 11 is 3.38. The van der Waals surface area contributed by atoms with Crippen LogP contribution in [0.2, 0.25) is 0 Å². The molecular formula is C17H13BrFN5O3. The molecule has 0 unspecified atom stereocenters. The molecule has 138 valence electrons. The third kappa shape index (κ3) is 3.95. The van der Waals surface area contributed by atoms with E-state index in [0.29, 0.717) is 16.7 Å². The third-order valence-corrected chi connectivity index (χ3v) is 4.35. The van der Waals surface area contributed by atoms with Crippen LogP contribution in [0.3, 0.4) is 0 Å². The van der Waals surface area contributed by atoms with Gasteiger partial charge in [0.25, 0.3) is 5.56 Å². The molecule has 10 heteroatoms. The van der Waals surface area contributed by atoms with E-state index in [2.05, 4.69) is 36.3 Å². The van der Waals surface area contributed by atoms with Gasteiger partial charge < -0.3 is 4.74 Å². The van der Waals surface area contributed by atoms with Crippen LogP contribution in [-0.4, -0.2) is 31.8 Å². The number of fused-ring (bicyclic) bond motifs is 1. The molecule has 1 fully saturated rings. The van der Waals surface area contributed by atoms with E-state index in [-0.39, 0.29) is 18.6 Å². The second kappa shape index (κ2) is 7.03. The van der Waals surface area contributed by atoms with E-state index < -0.39 is 17.3 Å².